The van der Waals surface area contributed by atoms with Crippen LogP contribution in [0.15, 0.2) is 53.2 Å². The SMILES string of the molecule is Cc1ccc(C)c(NC(Cc2cccs2)c2cccs2)c1. The van der Waals surface area contributed by atoms with Gasteiger partial charge in [0.1, 0.15) is 0 Å². The lowest BCUT2D eigenvalue weighted by molar-refractivity contribution is 0.801. The Kier molecular flexibility index (Phi) is 4.42. The van der Waals surface area contributed by atoms with Gasteiger partial charge < -0.3 is 5.32 Å². The number of aryl methyl sites for hydroxylation is 2. The van der Waals surface area contributed by atoms with E-state index in [0.29, 0.717) is 6.04 Å². The van der Waals surface area contributed by atoms with E-state index in [2.05, 4.69) is 72.4 Å². The van der Waals surface area contributed by atoms with Gasteiger partial charge in [-0.15, -0.1) is 22.7 Å². The first-order valence-corrected chi connectivity index (χ1v) is 8.88. The van der Waals surface area contributed by atoms with Crippen molar-refractivity contribution in [3.8, 4) is 0 Å². The number of thiophene rings is 2. The third-order valence-corrected chi connectivity index (χ3v) is 5.48. The molecule has 1 atom stereocenters. The fourth-order valence-electron chi connectivity index (χ4n) is 2.42. The summed E-state index contributed by atoms with van der Waals surface area (Å²) in [6, 6.07) is 15.6. The van der Waals surface area contributed by atoms with Crippen molar-refractivity contribution in [2.45, 2.75) is 26.3 Å². The summed E-state index contributed by atoms with van der Waals surface area (Å²) >= 11 is 3.66. The van der Waals surface area contributed by atoms with Crippen LogP contribution < -0.4 is 5.32 Å². The third kappa shape index (κ3) is 3.55. The lowest BCUT2D eigenvalue weighted by Crippen LogP contribution is -2.12. The lowest BCUT2D eigenvalue weighted by atomic mass is 10.1. The monoisotopic (exact) mass is 313 g/mol. The van der Waals surface area contributed by atoms with Crippen molar-refractivity contribution >= 4 is 28.4 Å². The van der Waals surface area contributed by atoms with Crippen molar-refractivity contribution in [3.63, 3.8) is 0 Å². The van der Waals surface area contributed by atoms with Crippen LogP contribution in [-0.4, -0.2) is 0 Å². The second-order valence-corrected chi connectivity index (χ2v) is 7.33. The molecule has 0 radical (unpaired) electrons. The molecule has 0 aliphatic rings. The summed E-state index contributed by atoms with van der Waals surface area (Å²) in [5.41, 5.74) is 3.84. The second-order valence-electron chi connectivity index (χ2n) is 5.31. The van der Waals surface area contributed by atoms with Crippen LogP contribution in [0, 0.1) is 13.8 Å². The van der Waals surface area contributed by atoms with E-state index in [1.807, 2.05) is 22.7 Å². The van der Waals surface area contributed by atoms with Gasteiger partial charge in [-0.2, -0.15) is 0 Å². The fourth-order valence-corrected chi connectivity index (χ4v) is 3.95. The number of rotatable bonds is 5. The molecule has 0 aliphatic heterocycles. The van der Waals surface area contributed by atoms with Crippen LogP contribution in [0.4, 0.5) is 5.69 Å². The van der Waals surface area contributed by atoms with Gasteiger partial charge in [0.05, 0.1) is 6.04 Å². The molecule has 1 aromatic carbocycles. The van der Waals surface area contributed by atoms with E-state index >= 15 is 0 Å². The van der Waals surface area contributed by atoms with Gasteiger partial charge >= 0.3 is 0 Å². The van der Waals surface area contributed by atoms with E-state index in [-0.39, 0.29) is 0 Å². The molecule has 1 nitrogen and oxygen atoms in total. The summed E-state index contributed by atoms with van der Waals surface area (Å²) in [4.78, 5) is 2.82. The standard InChI is InChI=1S/C18H19NS2/c1-13-7-8-14(2)16(11-13)19-17(18-6-4-10-21-18)12-15-5-3-9-20-15/h3-11,17,19H,12H2,1-2H3. The van der Waals surface area contributed by atoms with Gasteiger partial charge in [0.25, 0.3) is 0 Å². The number of hydrogen-bond donors (Lipinski definition) is 1. The van der Waals surface area contributed by atoms with E-state index in [4.69, 9.17) is 0 Å². The Hall–Kier alpha value is -1.58. The van der Waals surface area contributed by atoms with Crippen LogP contribution in [0.3, 0.4) is 0 Å². The van der Waals surface area contributed by atoms with Gasteiger partial charge in [0, 0.05) is 21.9 Å². The minimum Gasteiger partial charge on any atom is -0.377 e. The highest BCUT2D eigenvalue weighted by Gasteiger charge is 2.15. The molecule has 1 unspecified atom stereocenters. The van der Waals surface area contributed by atoms with Crippen molar-refractivity contribution < 1.29 is 0 Å². The molecular formula is C18H19NS2. The highest BCUT2D eigenvalue weighted by atomic mass is 32.1. The first-order valence-electron chi connectivity index (χ1n) is 7.12. The van der Waals surface area contributed by atoms with Gasteiger partial charge in [-0.3, -0.25) is 0 Å². The number of nitrogens with one attached hydrogen (secondary N) is 1. The van der Waals surface area contributed by atoms with Crippen LogP contribution in [0.2, 0.25) is 0 Å². The summed E-state index contributed by atoms with van der Waals surface area (Å²) in [5.74, 6) is 0. The molecule has 0 fully saturated rings. The predicted octanol–water partition coefficient (Wildman–Crippen LogP) is 5.82. The van der Waals surface area contributed by atoms with Crippen molar-refractivity contribution in [1.82, 2.24) is 0 Å². The maximum Gasteiger partial charge on any atom is 0.0654 e. The van der Waals surface area contributed by atoms with E-state index in [0.717, 1.165) is 6.42 Å². The molecule has 0 saturated heterocycles. The molecule has 3 rings (SSSR count). The molecule has 108 valence electrons. The van der Waals surface area contributed by atoms with Gasteiger partial charge in [-0.05, 0) is 53.9 Å². The lowest BCUT2D eigenvalue weighted by Gasteiger charge is -2.20. The number of benzene rings is 1. The molecular weight excluding hydrogens is 294 g/mol. The minimum absolute atomic E-state index is 0.337. The van der Waals surface area contributed by atoms with Crippen molar-refractivity contribution in [3.05, 3.63) is 74.1 Å². The highest BCUT2D eigenvalue weighted by Crippen LogP contribution is 2.30. The van der Waals surface area contributed by atoms with Crippen molar-refractivity contribution in [1.29, 1.82) is 0 Å². The summed E-state index contributed by atoms with van der Waals surface area (Å²) in [7, 11) is 0. The smallest absolute Gasteiger partial charge is 0.0654 e. The minimum atomic E-state index is 0.337. The summed E-state index contributed by atoms with van der Waals surface area (Å²) in [6.07, 6.45) is 1.03. The summed E-state index contributed by atoms with van der Waals surface area (Å²) in [6.45, 7) is 4.31. The van der Waals surface area contributed by atoms with E-state index < -0.39 is 0 Å². The van der Waals surface area contributed by atoms with Crippen LogP contribution in [0.5, 0.6) is 0 Å². The second kappa shape index (κ2) is 6.46. The van der Waals surface area contributed by atoms with Gasteiger partial charge in [0.2, 0.25) is 0 Å². The Balaban J connectivity index is 1.87. The van der Waals surface area contributed by atoms with Gasteiger partial charge in [0.15, 0.2) is 0 Å². The van der Waals surface area contributed by atoms with Crippen LogP contribution in [-0.2, 0) is 6.42 Å². The summed E-state index contributed by atoms with van der Waals surface area (Å²) in [5, 5.41) is 8.05. The largest absolute Gasteiger partial charge is 0.377 e. The molecule has 0 saturated carbocycles. The number of anilines is 1. The zero-order valence-electron chi connectivity index (χ0n) is 12.3. The third-order valence-electron chi connectivity index (χ3n) is 3.59. The van der Waals surface area contributed by atoms with Crippen LogP contribution in [0.1, 0.15) is 26.9 Å². The quantitative estimate of drug-likeness (QED) is 0.625. The normalized spacial score (nSPS) is 12.3. The first-order chi connectivity index (χ1) is 10.2. The zero-order valence-corrected chi connectivity index (χ0v) is 13.9. The highest BCUT2D eigenvalue weighted by molar-refractivity contribution is 7.10. The average molecular weight is 313 g/mol. The maximum absolute atomic E-state index is 3.75. The molecule has 1 N–H and O–H groups in total. The topological polar surface area (TPSA) is 12.0 Å². The molecule has 0 aliphatic carbocycles. The molecule has 0 bridgehead atoms. The molecule has 21 heavy (non-hydrogen) atoms. The predicted molar refractivity (Wildman–Crippen MR) is 94.6 cm³/mol. The molecule has 3 aromatic rings. The zero-order chi connectivity index (χ0) is 14.7. The molecule has 0 spiro atoms. The van der Waals surface area contributed by atoms with Gasteiger partial charge in [-0.1, -0.05) is 24.3 Å². The molecule has 2 aromatic heterocycles. The molecule has 0 amide bonds. The maximum atomic E-state index is 3.75. The van der Waals surface area contributed by atoms with Crippen molar-refractivity contribution in [2.24, 2.45) is 0 Å². The molecule has 2 heterocycles. The molecule has 3 heteroatoms. The van der Waals surface area contributed by atoms with E-state index in [1.54, 1.807) is 0 Å². The van der Waals surface area contributed by atoms with Crippen molar-refractivity contribution in [2.75, 3.05) is 5.32 Å². The van der Waals surface area contributed by atoms with Gasteiger partial charge in [-0.25, -0.2) is 0 Å². The average Bonchev–Trinajstić information content (AvgIpc) is 3.14. The van der Waals surface area contributed by atoms with E-state index in [9.17, 15) is 0 Å². The Morgan fingerprint density at radius 2 is 1.81 bits per heavy atom. The Bertz CT molecular complexity index is 684. The number of hydrogen-bond acceptors (Lipinski definition) is 3. The first kappa shape index (κ1) is 14.4. The van der Waals surface area contributed by atoms with Crippen LogP contribution >= 0.6 is 22.7 Å². The summed E-state index contributed by atoms with van der Waals surface area (Å²) < 4.78 is 0. The Morgan fingerprint density at radius 3 is 2.52 bits per heavy atom. The Morgan fingerprint density at radius 1 is 1.00 bits per heavy atom. The van der Waals surface area contributed by atoms with E-state index in [1.165, 1.54) is 26.6 Å². The Labute approximate surface area is 134 Å². The fraction of sp³-hybridized carbons (Fsp3) is 0.222. The van der Waals surface area contributed by atoms with Crippen LogP contribution in [0.25, 0.3) is 0 Å².